The predicted octanol–water partition coefficient (Wildman–Crippen LogP) is 3.85. The molecular weight excluding hydrogens is 346 g/mol. The van der Waals surface area contributed by atoms with Crippen LogP contribution in [0.15, 0.2) is 23.6 Å². The fraction of sp³-hybridized carbons (Fsp3) is 0.450. The van der Waals surface area contributed by atoms with E-state index in [-0.39, 0.29) is 23.7 Å². The molecule has 1 aromatic heterocycles. The summed E-state index contributed by atoms with van der Waals surface area (Å²) in [5, 5.41) is 5.57. The van der Waals surface area contributed by atoms with Gasteiger partial charge in [-0.3, -0.25) is 9.59 Å². The largest absolute Gasteiger partial charge is 0.312 e. The normalized spacial score (nSPS) is 19.2. The Morgan fingerprint density at radius 1 is 1.15 bits per heavy atom. The van der Waals surface area contributed by atoms with Gasteiger partial charge in [0.2, 0.25) is 11.8 Å². The van der Waals surface area contributed by atoms with E-state index in [2.05, 4.69) is 22.4 Å². The van der Waals surface area contributed by atoms with Crippen LogP contribution in [0.4, 0.5) is 10.8 Å². The van der Waals surface area contributed by atoms with Crippen LogP contribution in [0.2, 0.25) is 0 Å². The van der Waals surface area contributed by atoms with Crippen LogP contribution in [0.25, 0.3) is 11.3 Å². The molecule has 5 nitrogen and oxygen atoms in total. The summed E-state index contributed by atoms with van der Waals surface area (Å²) in [4.78, 5) is 31.0. The minimum Gasteiger partial charge on any atom is -0.312 e. The highest BCUT2D eigenvalue weighted by atomic mass is 32.1. The van der Waals surface area contributed by atoms with Gasteiger partial charge in [0, 0.05) is 35.0 Å². The number of aryl methyl sites for hydroxylation is 1. The predicted molar refractivity (Wildman–Crippen MR) is 102 cm³/mol. The summed E-state index contributed by atoms with van der Waals surface area (Å²) < 4.78 is 0. The van der Waals surface area contributed by atoms with Crippen molar-refractivity contribution in [3.63, 3.8) is 0 Å². The van der Waals surface area contributed by atoms with Crippen molar-refractivity contribution in [3.05, 3.63) is 29.1 Å². The third-order valence-electron chi connectivity index (χ3n) is 5.37. The first kappa shape index (κ1) is 16.0. The molecule has 2 fully saturated rings. The van der Waals surface area contributed by atoms with E-state index < -0.39 is 0 Å². The Morgan fingerprint density at radius 3 is 2.73 bits per heavy atom. The van der Waals surface area contributed by atoms with Crippen LogP contribution in [0.5, 0.6) is 0 Å². The lowest BCUT2D eigenvalue weighted by Crippen LogP contribution is -2.36. The van der Waals surface area contributed by atoms with Crippen molar-refractivity contribution in [3.8, 4) is 11.3 Å². The van der Waals surface area contributed by atoms with Gasteiger partial charge in [0.1, 0.15) is 0 Å². The molecule has 0 radical (unpaired) electrons. The smallest absolute Gasteiger partial charge is 0.230 e. The number of carbonyl (C=O) groups excluding carboxylic acids is 2. The number of hydrogen-bond acceptors (Lipinski definition) is 4. The third kappa shape index (κ3) is 3.03. The fourth-order valence-corrected chi connectivity index (χ4v) is 4.28. The Morgan fingerprint density at radius 2 is 1.96 bits per heavy atom. The number of rotatable bonds is 4. The third-order valence-corrected chi connectivity index (χ3v) is 6.13. The lowest BCUT2D eigenvalue weighted by Gasteiger charge is -2.30. The van der Waals surface area contributed by atoms with Crippen molar-refractivity contribution in [2.24, 2.45) is 11.8 Å². The summed E-state index contributed by atoms with van der Waals surface area (Å²) in [7, 11) is 0. The van der Waals surface area contributed by atoms with Gasteiger partial charge >= 0.3 is 0 Å². The molecule has 0 unspecified atom stereocenters. The molecule has 3 aliphatic rings. The van der Waals surface area contributed by atoms with Crippen molar-refractivity contribution in [2.75, 3.05) is 16.8 Å². The monoisotopic (exact) mass is 367 g/mol. The van der Waals surface area contributed by atoms with Crippen LogP contribution < -0.4 is 10.2 Å². The van der Waals surface area contributed by atoms with Gasteiger partial charge in [-0.05, 0) is 56.2 Å². The van der Waals surface area contributed by atoms with Gasteiger partial charge in [0.15, 0.2) is 5.13 Å². The second kappa shape index (κ2) is 6.20. The molecule has 5 rings (SSSR count). The summed E-state index contributed by atoms with van der Waals surface area (Å²) >= 11 is 1.47. The molecule has 6 heteroatoms. The molecule has 26 heavy (non-hydrogen) atoms. The molecular formula is C20H21N3O2S. The van der Waals surface area contributed by atoms with E-state index in [9.17, 15) is 9.59 Å². The molecule has 0 atom stereocenters. The minimum absolute atomic E-state index is 0.0885. The topological polar surface area (TPSA) is 62.3 Å². The zero-order valence-electron chi connectivity index (χ0n) is 14.5. The number of amides is 2. The number of thiazole rings is 1. The fourth-order valence-electron chi connectivity index (χ4n) is 3.55. The molecule has 1 N–H and O–H groups in total. The SMILES string of the molecule is O=C(Nc1nc(-c2ccc3c(c2)CCCN3C(=O)C2CC2)cs1)C1CC1. The standard InChI is InChI=1S/C20H21N3O2S/c24-18(12-3-4-12)22-20-21-16(11-26-20)14-7-8-17-15(10-14)2-1-9-23(17)19(25)13-5-6-13/h7-8,10-13H,1-6,9H2,(H,21,22,24). The van der Waals surface area contributed by atoms with Crippen molar-refractivity contribution < 1.29 is 9.59 Å². The molecule has 134 valence electrons. The van der Waals surface area contributed by atoms with Gasteiger partial charge in [0.05, 0.1) is 5.69 Å². The van der Waals surface area contributed by atoms with E-state index in [1.807, 2.05) is 16.3 Å². The Bertz CT molecular complexity index is 883. The highest BCUT2D eigenvalue weighted by Crippen LogP contribution is 2.38. The molecule has 1 aliphatic heterocycles. The minimum atomic E-state index is 0.0885. The second-order valence-electron chi connectivity index (χ2n) is 7.51. The highest BCUT2D eigenvalue weighted by Gasteiger charge is 2.35. The van der Waals surface area contributed by atoms with E-state index in [1.54, 1.807) is 0 Å². The molecule has 2 heterocycles. The van der Waals surface area contributed by atoms with Gasteiger partial charge in [0.25, 0.3) is 0 Å². The highest BCUT2D eigenvalue weighted by molar-refractivity contribution is 7.14. The number of carbonyl (C=O) groups is 2. The summed E-state index contributed by atoms with van der Waals surface area (Å²) in [5.41, 5.74) is 4.22. The number of benzene rings is 1. The maximum absolute atomic E-state index is 12.5. The Labute approximate surface area is 156 Å². The van der Waals surface area contributed by atoms with Crippen LogP contribution in [-0.4, -0.2) is 23.3 Å². The molecule has 0 bridgehead atoms. The zero-order chi connectivity index (χ0) is 17.7. The number of anilines is 2. The van der Waals surface area contributed by atoms with Crippen LogP contribution in [0.1, 0.15) is 37.7 Å². The van der Waals surface area contributed by atoms with Gasteiger partial charge in [-0.1, -0.05) is 6.07 Å². The number of nitrogens with one attached hydrogen (secondary N) is 1. The van der Waals surface area contributed by atoms with E-state index in [1.165, 1.54) is 16.9 Å². The maximum atomic E-state index is 12.5. The van der Waals surface area contributed by atoms with E-state index >= 15 is 0 Å². The first-order valence-corrected chi connectivity index (χ1v) is 10.3. The van der Waals surface area contributed by atoms with Gasteiger partial charge in [-0.15, -0.1) is 11.3 Å². The number of hydrogen-bond donors (Lipinski definition) is 1. The second-order valence-corrected chi connectivity index (χ2v) is 8.37. The number of aromatic nitrogens is 1. The Hall–Kier alpha value is -2.21. The molecule has 1 aromatic carbocycles. The van der Waals surface area contributed by atoms with Gasteiger partial charge < -0.3 is 10.2 Å². The summed E-state index contributed by atoms with van der Waals surface area (Å²) in [6.45, 7) is 0.829. The van der Waals surface area contributed by atoms with Gasteiger partial charge in [-0.2, -0.15) is 0 Å². The average Bonchev–Trinajstić information content (AvgIpc) is 3.58. The molecule has 0 spiro atoms. The average molecular weight is 367 g/mol. The lowest BCUT2D eigenvalue weighted by molar-refractivity contribution is -0.120. The first-order chi connectivity index (χ1) is 12.7. The first-order valence-electron chi connectivity index (χ1n) is 9.40. The zero-order valence-corrected chi connectivity index (χ0v) is 15.3. The quantitative estimate of drug-likeness (QED) is 0.893. The summed E-state index contributed by atoms with van der Waals surface area (Å²) in [6.07, 6.45) is 6.06. The Kier molecular flexibility index (Phi) is 3.81. The van der Waals surface area contributed by atoms with Crippen molar-refractivity contribution in [2.45, 2.75) is 38.5 Å². The number of nitrogens with zero attached hydrogens (tertiary/aromatic N) is 2. The molecule has 2 saturated carbocycles. The molecule has 2 amide bonds. The van der Waals surface area contributed by atoms with Crippen molar-refractivity contribution >= 4 is 34.0 Å². The van der Waals surface area contributed by atoms with Crippen molar-refractivity contribution in [1.29, 1.82) is 0 Å². The van der Waals surface area contributed by atoms with Crippen molar-refractivity contribution in [1.82, 2.24) is 4.98 Å². The van der Waals surface area contributed by atoms with Crippen LogP contribution in [0, 0.1) is 11.8 Å². The Balaban J connectivity index is 1.38. The molecule has 0 saturated heterocycles. The lowest BCUT2D eigenvalue weighted by atomic mass is 9.98. The van der Waals surface area contributed by atoms with Gasteiger partial charge in [-0.25, -0.2) is 4.98 Å². The van der Waals surface area contributed by atoms with Crippen LogP contribution >= 0.6 is 11.3 Å². The summed E-state index contributed by atoms with van der Waals surface area (Å²) in [6, 6.07) is 6.26. The molecule has 2 aromatic rings. The maximum Gasteiger partial charge on any atom is 0.230 e. The molecule has 2 aliphatic carbocycles. The number of fused-ring (bicyclic) bond motifs is 1. The van der Waals surface area contributed by atoms with E-state index in [4.69, 9.17) is 0 Å². The van der Waals surface area contributed by atoms with Crippen LogP contribution in [0.3, 0.4) is 0 Å². The van der Waals surface area contributed by atoms with E-state index in [0.29, 0.717) is 5.13 Å². The summed E-state index contributed by atoms with van der Waals surface area (Å²) in [5.74, 6) is 0.806. The van der Waals surface area contributed by atoms with Crippen LogP contribution in [-0.2, 0) is 16.0 Å². The van der Waals surface area contributed by atoms with E-state index in [0.717, 1.165) is 62.0 Å².